The fourth-order valence-corrected chi connectivity index (χ4v) is 4.56. The molecular formula is C25H28FN5O3. The van der Waals surface area contributed by atoms with Crippen LogP contribution in [0.3, 0.4) is 0 Å². The molecule has 2 N–H and O–H groups in total. The molecule has 2 aliphatic rings. The van der Waals surface area contributed by atoms with Gasteiger partial charge in [0.05, 0.1) is 23.7 Å². The van der Waals surface area contributed by atoms with Gasteiger partial charge in [-0.2, -0.15) is 0 Å². The molecule has 2 amide bonds. The molecule has 0 spiro atoms. The molecule has 1 aromatic carbocycles. The van der Waals surface area contributed by atoms with Crippen LogP contribution >= 0.6 is 0 Å². The molecular weight excluding hydrogens is 437 g/mol. The van der Waals surface area contributed by atoms with E-state index in [1.165, 1.54) is 25.4 Å². The molecule has 178 valence electrons. The van der Waals surface area contributed by atoms with Gasteiger partial charge in [-0.15, -0.1) is 0 Å². The number of amides is 2. The topological polar surface area (TPSA) is 100 Å². The minimum Gasteiger partial charge on any atom is -0.493 e. The van der Waals surface area contributed by atoms with Gasteiger partial charge in [0.2, 0.25) is 5.91 Å². The SMILES string of the molecule is CC(=O)N1CC(C)C(NC(=O)c2c(C)[nH]c3c(-c4cc(F)ccc4OCC4CC4)ncnc23)C1. The lowest BCUT2D eigenvalue weighted by molar-refractivity contribution is -0.127. The Morgan fingerprint density at radius 1 is 1.26 bits per heavy atom. The van der Waals surface area contributed by atoms with Crippen molar-refractivity contribution in [1.29, 1.82) is 0 Å². The Bertz CT molecular complexity index is 1270. The number of hydrogen-bond acceptors (Lipinski definition) is 5. The van der Waals surface area contributed by atoms with E-state index in [9.17, 15) is 14.0 Å². The summed E-state index contributed by atoms with van der Waals surface area (Å²) in [5, 5.41) is 3.07. The van der Waals surface area contributed by atoms with Crippen LogP contribution in [0.25, 0.3) is 22.3 Å². The number of ether oxygens (including phenoxy) is 1. The van der Waals surface area contributed by atoms with Crippen molar-refractivity contribution in [2.45, 2.75) is 39.7 Å². The Balaban J connectivity index is 1.48. The number of hydrogen-bond donors (Lipinski definition) is 2. The summed E-state index contributed by atoms with van der Waals surface area (Å²) < 4.78 is 20.2. The van der Waals surface area contributed by atoms with E-state index in [1.807, 2.05) is 6.92 Å². The van der Waals surface area contributed by atoms with Crippen molar-refractivity contribution >= 4 is 22.8 Å². The van der Waals surface area contributed by atoms with Gasteiger partial charge in [0.25, 0.3) is 5.91 Å². The Hall–Kier alpha value is -3.49. The minimum absolute atomic E-state index is 0.000872. The van der Waals surface area contributed by atoms with Crippen molar-refractivity contribution < 1.29 is 18.7 Å². The average Bonchev–Trinajstić information content (AvgIpc) is 3.46. The van der Waals surface area contributed by atoms with Gasteiger partial charge in [0.15, 0.2) is 0 Å². The van der Waals surface area contributed by atoms with Crippen LogP contribution in [-0.4, -0.2) is 57.4 Å². The van der Waals surface area contributed by atoms with E-state index >= 15 is 0 Å². The number of carbonyl (C=O) groups excluding carboxylic acids is 2. The Kier molecular flexibility index (Phi) is 5.71. The number of aromatic nitrogens is 3. The lowest BCUT2D eigenvalue weighted by Crippen LogP contribution is -2.40. The quantitative estimate of drug-likeness (QED) is 0.581. The van der Waals surface area contributed by atoms with E-state index in [0.29, 0.717) is 64.9 Å². The second-order valence-electron chi connectivity index (χ2n) is 9.45. The van der Waals surface area contributed by atoms with E-state index < -0.39 is 5.82 Å². The van der Waals surface area contributed by atoms with Crippen LogP contribution in [0.4, 0.5) is 4.39 Å². The minimum atomic E-state index is -0.396. The standard InChI is InChI=1S/C25H28FN5O3/c1-13-9-31(15(3)32)10-19(13)30-25(33)21-14(2)29-24-22(27-12-28-23(21)24)18-8-17(26)6-7-20(18)34-11-16-4-5-16/h6-8,12-13,16,19,29H,4-5,9-11H2,1-3H3,(H,30,33). The maximum atomic E-state index is 14.2. The molecule has 2 unspecified atom stereocenters. The number of nitrogens with one attached hydrogen (secondary N) is 2. The first-order chi connectivity index (χ1) is 16.3. The highest BCUT2D eigenvalue weighted by atomic mass is 19.1. The lowest BCUT2D eigenvalue weighted by atomic mass is 10.1. The zero-order chi connectivity index (χ0) is 24.0. The van der Waals surface area contributed by atoms with Gasteiger partial charge in [-0.1, -0.05) is 6.92 Å². The first-order valence-electron chi connectivity index (χ1n) is 11.6. The summed E-state index contributed by atoms with van der Waals surface area (Å²) in [4.78, 5) is 38.8. The molecule has 1 aliphatic carbocycles. The van der Waals surface area contributed by atoms with Crippen LogP contribution < -0.4 is 10.1 Å². The van der Waals surface area contributed by atoms with Crippen molar-refractivity contribution in [2.75, 3.05) is 19.7 Å². The number of carbonyl (C=O) groups is 2. The summed E-state index contributed by atoms with van der Waals surface area (Å²) in [6, 6.07) is 4.24. The zero-order valence-corrected chi connectivity index (χ0v) is 19.5. The van der Waals surface area contributed by atoms with Gasteiger partial charge in [-0.25, -0.2) is 14.4 Å². The van der Waals surface area contributed by atoms with Crippen LogP contribution in [0.15, 0.2) is 24.5 Å². The summed E-state index contributed by atoms with van der Waals surface area (Å²) >= 11 is 0. The van der Waals surface area contributed by atoms with Gasteiger partial charge in [-0.3, -0.25) is 9.59 Å². The molecule has 1 saturated heterocycles. The van der Waals surface area contributed by atoms with Crippen molar-refractivity contribution in [1.82, 2.24) is 25.2 Å². The van der Waals surface area contributed by atoms with Crippen molar-refractivity contribution in [2.24, 2.45) is 11.8 Å². The van der Waals surface area contributed by atoms with Crippen LogP contribution in [0.2, 0.25) is 0 Å². The van der Waals surface area contributed by atoms with E-state index in [4.69, 9.17) is 4.74 Å². The van der Waals surface area contributed by atoms with E-state index in [2.05, 4.69) is 20.3 Å². The summed E-state index contributed by atoms with van der Waals surface area (Å²) in [7, 11) is 0. The number of aromatic amines is 1. The Labute approximate surface area is 196 Å². The molecule has 3 heterocycles. The van der Waals surface area contributed by atoms with Crippen molar-refractivity contribution in [3.05, 3.63) is 41.6 Å². The molecule has 2 aromatic heterocycles. The maximum Gasteiger partial charge on any atom is 0.255 e. The number of likely N-dealkylation sites (tertiary alicyclic amines) is 1. The first-order valence-corrected chi connectivity index (χ1v) is 11.6. The summed E-state index contributed by atoms with van der Waals surface area (Å²) in [6.07, 6.45) is 3.67. The number of benzene rings is 1. The predicted molar refractivity (Wildman–Crippen MR) is 125 cm³/mol. The molecule has 0 radical (unpaired) electrons. The largest absolute Gasteiger partial charge is 0.493 e. The number of fused-ring (bicyclic) bond motifs is 1. The predicted octanol–water partition coefficient (Wildman–Crippen LogP) is 3.46. The molecule has 1 aliphatic heterocycles. The molecule has 1 saturated carbocycles. The van der Waals surface area contributed by atoms with Gasteiger partial charge >= 0.3 is 0 Å². The van der Waals surface area contributed by atoms with Crippen LogP contribution in [0.1, 0.15) is 42.7 Å². The second kappa shape index (κ2) is 8.70. The normalized spacial score (nSPS) is 20.1. The third-order valence-electron chi connectivity index (χ3n) is 6.74. The number of halogens is 1. The second-order valence-corrected chi connectivity index (χ2v) is 9.45. The fourth-order valence-electron chi connectivity index (χ4n) is 4.56. The van der Waals surface area contributed by atoms with Crippen LogP contribution in [0, 0.1) is 24.6 Å². The van der Waals surface area contributed by atoms with E-state index in [0.717, 1.165) is 12.8 Å². The lowest BCUT2D eigenvalue weighted by Gasteiger charge is -2.16. The molecule has 2 fully saturated rings. The van der Waals surface area contributed by atoms with Crippen LogP contribution in [-0.2, 0) is 4.79 Å². The highest BCUT2D eigenvalue weighted by Gasteiger charge is 2.33. The molecule has 5 rings (SSSR count). The average molecular weight is 466 g/mol. The highest BCUT2D eigenvalue weighted by molar-refractivity contribution is 6.09. The number of H-pyrrole nitrogens is 1. The number of nitrogens with zero attached hydrogens (tertiary/aromatic N) is 3. The number of rotatable bonds is 6. The fraction of sp³-hybridized carbons (Fsp3) is 0.440. The Morgan fingerprint density at radius 3 is 2.76 bits per heavy atom. The molecule has 3 aromatic rings. The van der Waals surface area contributed by atoms with Crippen LogP contribution in [0.5, 0.6) is 5.75 Å². The third kappa shape index (κ3) is 4.22. The monoisotopic (exact) mass is 465 g/mol. The maximum absolute atomic E-state index is 14.2. The highest BCUT2D eigenvalue weighted by Crippen LogP contribution is 2.36. The van der Waals surface area contributed by atoms with Gasteiger partial charge in [0.1, 0.15) is 29.1 Å². The number of aryl methyl sites for hydroxylation is 1. The molecule has 0 bridgehead atoms. The summed E-state index contributed by atoms with van der Waals surface area (Å²) in [5.41, 5.74) is 3.07. The third-order valence-corrected chi connectivity index (χ3v) is 6.74. The smallest absolute Gasteiger partial charge is 0.255 e. The van der Waals surface area contributed by atoms with Gasteiger partial charge in [0, 0.05) is 31.3 Å². The van der Waals surface area contributed by atoms with Gasteiger partial charge < -0.3 is 19.9 Å². The summed E-state index contributed by atoms with van der Waals surface area (Å²) in [6.45, 7) is 7.03. The summed E-state index contributed by atoms with van der Waals surface area (Å²) in [5.74, 6) is 0.576. The van der Waals surface area contributed by atoms with E-state index in [-0.39, 0.29) is 23.8 Å². The van der Waals surface area contributed by atoms with Gasteiger partial charge in [-0.05, 0) is 49.8 Å². The molecule has 2 atom stereocenters. The molecule has 34 heavy (non-hydrogen) atoms. The van der Waals surface area contributed by atoms with Crippen molar-refractivity contribution in [3.63, 3.8) is 0 Å². The molecule has 9 heteroatoms. The van der Waals surface area contributed by atoms with Crippen molar-refractivity contribution in [3.8, 4) is 17.0 Å². The first kappa shape index (κ1) is 22.3. The molecule has 8 nitrogen and oxygen atoms in total. The van der Waals surface area contributed by atoms with E-state index in [1.54, 1.807) is 17.9 Å². The Morgan fingerprint density at radius 2 is 2.06 bits per heavy atom. The zero-order valence-electron chi connectivity index (χ0n) is 19.5.